The van der Waals surface area contributed by atoms with Crippen LogP contribution >= 0.6 is 0 Å². The highest BCUT2D eigenvalue weighted by molar-refractivity contribution is 5.68. The molecule has 0 radical (unpaired) electrons. The quantitative estimate of drug-likeness (QED) is 0.904. The van der Waals surface area contributed by atoms with E-state index in [1.54, 1.807) is 4.90 Å². The van der Waals surface area contributed by atoms with Crippen molar-refractivity contribution in [3.8, 4) is 0 Å². The summed E-state index contributed by atoms with van der Waals surface area (Å²) < 4.78 is 5.01. The van der Waals surface area contributed by atoms with Crippen molar-refractivity contribution < 1.29 is 9.53 Å². The van der Waals surface area contributed by atoms with Crippen LogP contribution < -0.4 is 10.6 Å². The molecule has 2 heterocycles. The molecule has 0 spiro atoms. The maximum Gasteiger partial charge on any atom is 0.409 e. The van der Waals surface area contributed by atoms with Gasteiger partial charge in [-0.1, -0.05) is 0 Å². The molecular weight excluding hydrogens is 256 g/mol. The zero-order chi connectivity index (χ0) is 14.5. The van der Waals surface area contributed by atoms with Crippen molar-refractivity contribution in [1.29, 1.82) is 0 Å². The van der Waals surface area contributed by atoms with Crippen molar-refractivity contribution in [2.24, 2.45) is 5.73 Å². The number of carbonyl (C=O) groups excluding carboxylic acids is 1. The number of rotatable bonds is 3. The third-order valence-electron chi connectivity index (χ3n) is 3.41. The SMILES string of the molecule is CCOC(=O)N1CCN(c2ccc([C@@H](C)N)nc2)CC1. The van der Waals surface area contributed by atoms with Crippen LogP contribution in [0.1, 0.15) is 25.6 Å². The van der Waals surface area contributed by atoms with E-state index in [1.165, 1.54) is 0 Å². The van der Waals surface area contributed by atoms with Crippen LogP contribution in [-0.4, -0.2) is 48.8 Å². The molecule has 1 amide bonds. The third kappa shape index (κ3) is 3.39. The summed E-state index contributed by atoms with van der Waals surface area (Å²) in [6, 6.07) is 3.94. The Labute approximate surface area is 119 Å². The van der Waals surface area contributed by atoms with Crippen LogP contribution in [0.4, 0.5) is 10.5 Å². The maximum absolute atomic E-state index is 11.6. The Morgan fingerprint density at radius 1 is 1.40 bits per heavy atom. The number of hydrogen-bond acceptors (Lipinski definition) is 5. The van der Waals surface area contributed by atoms with Gasteiger partial charge in [0.25, 0.3) is 0 Å². The Bertz CT molecular complexity index is 439. The molecule has 1 aliphatic heterocycles. The summed E-state index contributed by atoms with van der Waals surface area (Å²) in [7, 11) is 0. The highest BCUT2D eigenvalue weighted by atomic mass is 16.6. The molecule has 110 valence electrons. The molecule has 1 fully saturated rings. The number of aromatic nitrogens is 1. The number of ether oxygens (including phenoxy) is 1. The minimum absolute atomic E-state index is 0.0512. The van der Waals surface area contributed by atoms with Crippen LogP contribution in [0.5, 0.6) is 0 Å². The fourth-order valence-electron chi connectivity index (χ4n) is 2.22. The minimum Gasteiger partial charge on any atom is -0.450 e. The van der Waals surface area contributed by atoms with E-state index in [-0.39, 0.29) is 12.1 Å². The predicted molar refractivity (Wildman–Crippen MR) is 77.6 cm³/mol. The molecule has 1 aliphatic rings. The maximum atomic E-state index is 11.6. The third-order valence-corrected chi connectivity index (χ3v) is 3.41. The summed E-state index contributed by atoms with van der Waals surface area (Å²) in [5.74, 6) is 0. The molecule has 2 rings (SSSR count). The second-order valence-electron chi connectivity index (χ2n) is 4.90. The van der Waals surface area contributed by atoms with Gasteiger partial charge in [0.15, 0.2) is 0 Å². The molecule has 1 saturated heterocycles. The van der Waals surface area contributed by atoms with Crippen molar-refractivity contribution in [3.05, 3.63) is 24.0 Å². The molecule has 20 heavy (non-hydrogen) atoms. The van der Waals surface area contributed by atoms with Crippen LogP contribution in [0.15, 0.2) is 18.3 Å². The van der Waals surface area contributed by atoms with Crippen molar-refractivity contribution in [3.63, 3.8) is 0 Å². The fraction of sp³-hybridized carbons (Fsp3) is 0.571. The van der Waals surface area contributed by atoms with E-state index in [1.807, 2.05) is 32.2 Å². The van der Waals surface area contributed by atoms with Crippen LogP contribution in [0.2, 0.25) is 0 Å². The fourth-order valence-corrected chi connectivity index (χ4v) is 2.22. The van der Waals surface area contributed by atoms with Gasteiger partial charge in [-0.3, -0.25) is 4.98 Å². The van der Waals surface area contributed by atoms with Gasteiger partial charge in [-0.25, -0.2) is 4.79 Å². The molecule has 2 N–H and O–H groups in total. The van der Waals surface area contributed by atoms with E-state index < -0.39 is 0 Å². The lowest BCUT2D eigenvalue weighted by atomic mass is 10.2. The van der Waals surface area contributed by atoms with E-state index in [4.69, 9.17) is 10.5 Å². The molecular formula is C14H22N4O2. The van der Waals surface area contributed by atoms with Crippen LogP contribution in [0.25, 0.3) is 0 Å². The van der Waals surface area contributed by atoms with Crippen LogP contribution in [0, 0.1) is 0 Å². The van der Waals surface area contributed by atoms with Gasteiger partial charge >= 0.3 is 6.09 Å². The minimum atomic E-state index is -0.224. The van der Waals surface area contributed by atoms with E-state index in [0.29, 0.717) is 19.7 Å². The topological polar surface area (TPSA) is 71.7 Å². The summed E-state index contributed by atoms with van der Waals surface area (Å²) >= 11 is 0. The highest BCUT2D eigenvalue weighted by Crippen LogP contribution is 2.17. The van der Waals surface area contributed by atoms with Gasteiger partial charge in [0, 0.05) is 32.2 Å². The molecule has 1 aromatic rings. The van der Waals surface area contributed by atoms with E-state index >= 15 is 0 Å². The number of hydrogen-bond donors (Lipinski definition) is 1. The zero-order valence-electron chi connectivity index (χ0n) is 12.1. The lowest BCUT2D eigenvalue weighted by Gasteiger charge is -2.35. The van der Waals surface area contributed by atoms with Crippen molar-refractivity contribution >= 4 is 11.8 Å². The lowest BCUT2D eigenvalue weighted by molar-refractivity contribution is 0.105. The number of anilines is 1. The number of amides is 1. The Morgan fingerprint density at radius 3 is 2.60 bits per heavy atom. The second-order valence-corrected chi connectivity index (χ2v) is 4.90. The normalized spacial score (nSPS) is 16.9. The van der Waals surface area contributed by atoms with Crippen LogP contribution in [-0.2, 0) is 4.74 Å². The lowest BCUT2D eigenvalue weighted by Crippen LogP contribution is -2.49. The first-order valence-corrected chi connectivity index (χ1v) is 7.00. The van der Waals surface area contributed by atoms with Gasteiger partial charge in [-0.15, -0.1) is 0 Å². The average Bonchev–Trinajstić information content (AvgIpc) is 2.48. The van der Waals surface area contributed by atoms with Crippen molar-refractivity contribution in [1.82, 2.24) is 9.88 Å². The van der Waals surface area contributed by atoms with E-state index in [2.05, 4.69) is 9.88 Å². The summed E-state index contributed by atoms with van der Waals surface area (Å²) in [5, 5.41) is 0. The number of nitrogens with zero attached hydrogens (tertiary/aromatic N) is 3. The molecule has 0 saturated carbocycles. The molecule has 0 bridgehead atoms. The molecule has 1 atom stereocenters. The second kappa shape index (κ2) is 6.56. The largest absolute Gasteiger partial charge is 0.450 e. The van der Waals surface area contributed by atoms with Gasteiger partial charge in [-0.05, 0) is 26.0 Å². The highest BCUT2D eigenvalue weighted by Gasteiger charge is 2.22. The number of nitrogens with two attached hydrogens (primary N) is 1. The average molecular weight is 278 g/mol. The van der Waals surface area contributed by atoms with Crippen LogP contribution in [0.3, 0.4) is 0 Å². The Kier molecular flexibility index (Phi) is 4.79. The van der Waals surface area contributed by atoms with Gasteiger partial charge in [0.1, 0.15) is 0 Å². The molecule has 6 nitrogen and oxygen atoms in total. The summed E-state index contributed by atoms with van der Waals surface area (Å²) in [6.07, 6.45) is 1.62. The van der Waals surface area contributed by atoms with Gasteiger partial charge in [-0.2, -0.15) is 0 Å². The first-order chi connectivity index (χ1) is 9.61. The van der Waals surface area contributed by atoms with Gasteiger partial charge in [0.2, 0.25) is 0 Å². The summed E-state index contributed by atoms with van der Waals surface area (Å²) in [5.41, 5.74) is 7.74. The Hall–Kier alpha value is -1.82. The number of piperazine rings is 1. The number of carbonyl (C=O) groups is 1. The molecule has 0 unspecified atom stereocenters. The standard InChI is InChI=1S/C14H22N4O2/c1-3-20-14(19)18-8-6-17(7-9-18)12-4-5-13(11(2)15)16-10-12/h4-5,10-11H,3,6-9,15H2,1-2H3/t11-/m1/s1. The van der Waals surface area contributed by atoms with Gasteiger partial charge in [0.05, 0.1) is 24.2 Å². The Morgan fingerprint density at radius 2 is 2.10 bits per heavy atom. The van der Waals surface area contributed by atoms with Crippen molar-refractivity contribution in [2.75, 3.05) is 37.7 Å². The smallest absolute Gasteiger partial charge is 0.409 e. The predicted octanol–water partition coefficient (Wildman–Crippen LogP) is 1.38. The molecule has 0 aromatic carbocycles. The monoisotopic (exact) mass is 278 g/mol. The Balaban J connectivity index is 1.91. The molecule has 6 heteroatoms. The summed E-state index contributed by atoms with van der Waals surface area (Å²) in [4.78, 5) is 19.9. The van der Waals surface area contributed by atoms with Crippen molar-refractivity contribution in [2.45, 2.75) is 19.9 Å². The van der Waals surface area contributed by atoms with Gasteiger partial charge < -0.3 is 20.3 Å². The van der Waals surface area contributed by atoms with E-state index in [0.717, 1.165) is 24.5 Å². The molecule has 0 aliphatic carbocycles. The first-order valence-electron chi connectivity index (χ1n) is 7.00. The van der Waals surface area contributed by atoms with E-state index in [9.17, 15) is 4.79 Å². The number of pyridine rings is 1. The molecule has 1 aromatic heterocycles. The summed E-state index contributed by atoms with van der Waals surface area (Å²) in [6.45, 7) is 7.08. The zero-order valence-corrected chi connectivity index (χ0v) is 12.1. The first kappa shape index (κ1) is 14.6.